The minimum absolute atomic E-state index is 0.162. The zero-order valence-corrected chi connectivity index (χ0v) is 10.7. The molecule has 2 bridgehead atoms. The van der Waals surface area contributed by atoms with Crippen LogP contribution in [0, 0.1) is 5.92 Å². The molecule has 3 nitrogen and oxygen atoms in total. The number of hydrogen-bond acceptors (Lipinski definition) is 3. The van der Waals surface area contributed by atoms with E-state index < -0.39 is 47.8 Å². The fourth-order valence-electron chi connectivity index (χ4n) is 3.06. The Morgan fingerprint density at radius 3 is 2.10 bits per heavy atom. The van der Waals surface area contributed by atoms with Gasteiger partial charge in [-0.1, -0.05) is 0 Å². The number of fused-ring (bicyclic) bond motifs is 2. The summed E-state index contributed by atoms with van der Waals surface area (Å²) < 4.78 is 83.0. The van der Waals surface area contributed by atoms with Crippen LogP contribution in [0.4, 0.5) is 26.3 Å². The molecular weight excluding hydrogens is 316 g/mol. The molecule has 2 rings (SSSR count). The quantitative estimate of drug-likeness (QED) is 0.614. The normalized spacial score (nSPS) is 36.6. The van der Waals surface area contributed by atoms with Gasteiger partial charge in [-0.15, -0.1) is 11.6 Å². The zero-order valence-electron chi connectivity index (χ0n) is 9.93. The third kappa shape index (κ3) is 2.10. The first-order chi connectivity index (χ1) is 9.06. The fraction of sp³-hybridized carbons (Fsp3) is 1.00. The SMILES string of the molecule is OCCO[C@@H]1C[C@H]2[C@@H](Cl)[C@H]1NC2(C(F)(F)F)C(F)(F)F. The number of aliphatic hydroxyl groups excluding tert-OH is 1. The van der Waals surface area contributed by atoms with Crippen LogP contribution in [0.3, 0.4) is 0 Å². The van der Waals surface area contributed by atoms with Crippen molar-refractivity contribution in [1.82, 2.24) is 5.32 Å². The minimum Gasteiger partial charge on any atom is -0.394 e. The van der Waals surface area contributed by atoms with Gasteiger partial charge in [-0.2, -0.15) is 26.3 Å². The monoisotopic (exact) mass is 327 g/mol. The van der Waals surface area contributed by atoms with Gasteiger partial charge in [0, 0.05) is 5.92 Å². The number of rotatable bonds is 3. The van der Waals surface area contributed by atoms with Crippen molar-refractivity contribution in [2.24, 2.45) is 5.92 Å². The lowest BCUT2D eigenvalue weighted by molar-refractivity contribution is -0.321. The van der Waals surface area contributed by atoms with Crippen molar-refractivity contribution in [2.75, 3.05) is 13.2 Å². The Labute approximate surface area is 115 Å². The zero-order chi connectivity index (χ0) is 15.3. The third-order valence-electron chi connectivity index (χ3n) is 3.88. The molecule has 0 amide bonds. The molecule has 20 heavy (non-hydrogen) atoms. The number of halogens is 7. The number of ether oxygens (including phenoxy) is 1. The number of alkyl halides is 7. The molecule has 1 saturated heterocycles. The van der Waals surface area contributed by atoms with Crippen LogP contribution in [0.2, 0.25) is 0 Å². The Kier molecular flexibility index (Phi) is 3.94. The van der Waals surface area contributed by atoms with Crippen LogP contribution in [0.15, 0.2) is 0 Å². The molecule has 2 fully saturated rings. The van der Waals surface area contributed by atoms with Gasteiger partial charge in [0.25, 0.3) is 0 Å². The molecule has 2 aliphatic rings. The number of aliphatic hydroxyl groups is 1. The van der Waals surface area contributed by atoms with E-state index in [0.29, 0.717) is 0 Å². The van der Waals surface area contributed by atoms with E-state index in [2.05, 4.69) is 0 Å². The lowest BCUT2D eigenvalue weighted by Gasteiger charge is -2.42. The molecule has 0 aromatic carbocycles. The van der Waals surface area contributed by atoms with Crippen molar-refractivity contribution in [1.29, 1.82) is 0 Å². The van der Waals surface area contributed by atoms with Gasteiger partial charge in [-0.3, -0.25) is 5.32 Å². The summed E-state index contributed by atoms with van der Waals surface area (Å²) in [6, 6.07) is -1.25. The molecule has 0 aromatic rings. The van der Waals surface area contributed by atoms with Crippen LogP contribution in [-0.4, -0.2) is 53.7 Å². The smallest absolute Gasteiger partial charge is 0.394 e. The van der Waals surface area contributed by atoms with Gasteiger partial charge in [-0.05, 0) is 6.42 Å². The average molecular weight is 328 g/mol. The number of nitrogens with one attached hydrogen (secondary N) is 1. The van der Waals surface area contributed by atoms with E-state index in [4.69, 9.17) is 21.4 Å². The van der Waals surface area contributed by atoms with Crippen LogP contribution >= 0.6 is 11.6 Å². The minimum atomic E-state index is -5.50. The maximum atomic E-state index is 13.0. The molecule has 1 aliphatic heterocycles. The van der Waals surface area contributed by atoms with Crippen LogP contribution in [0.1, 0.15) is 6.42 Å². The third-order valence-corrected chi connectivity index (χ3v) is 4.46. The highest BCUT2D eigenvalue weighted by atomic mass is 35.5. The molecule has 10 heteroatoms. The largest absolute Gasteiger partial charge is 0.415 e. The summed E-state index contributed by atoms with van der Waals surface area (Å²) in [5.74, 6) is -1.85. The van der Waals surface area contributed by atoms with Crippen molar-refractivity contribution >= 4 is 11.6 Å². The molecule has 118 valence electrons. The lowest BCUT2D eigenvalue weighted by atomic mass is 9.82. The second-order valence-corrected chi connectivity index (χ2v) is 5.40. The molecular formula is C10H12ClF6NO2. The molecule has 2 N–H and O–H groups in total. The highest BCUT2D eigenvalue weighted by Gasteiger charge is 2.81. The summed E-state index contributed by atoms with van der Waals surface area (Å²) in [5.41, 5.74) is -3.99. The maximum Gasteiger partial charge on any atom is 0.415 e. The first kappa shape index (κ1) is 16.1. The van der Waals surface area contributed by atoms with Crippen molar-refractivity contribution in [3.05, 3.63) is 0 Å². The highest BCUT2D eigenvalue weighted by molar-refractivity contribution is 6.22. The Hall–Kier alpha value is -0.250. The number of piperidine rings is 1. The fourth-order valence-corrected chi connectivity index (χ4v) is 3.58. The maximum absolute atomic E-state index is 13.0. The molecule has 4 atom stereocenters. The molecule has 0 aromatic heterocycles. The van der Waals surface area contributed by atoms with E-state index in [1.54, 1.807) is 5.32 Å². The van der Waals surface area contributed by atoms with Crippen molar-refractivity contribution in [2.45, 2.75) is 41.8 Å². The summed E-state index contributed by atoms with van der Waals surface area (Å²) >= 11 is 5.74. The second kappa shape index (κ2) is 4.89. The van der Waals surface area contributed by atoms with Crippen molar-refractivity contribution in [3.63, 3.8) is 0 Å². The van der Waals surface area contributed by atoms with E-state index in [-0.39, 0.29) is 13.2 Å². The molecule has 0 radical (unpaired) electrons. The second-order valence-electron chi connectivity index (χ2n) is 4.89. The van der Waals surface area contributed by atoms with E-state index in [9.17, 15) is 26.3 Å². The summed E-state index contributed by atoms with van der Waals surface area (Å²) in [6.45, 7) is -0.533. The van der Waals surface area contributed by atoms with Crippen molar-refractivity contribution < 1.29 is 36.2 Å². The van der Waals surface area contributed by atoms with Crippen LogP contribution < -0.4 is 5.32 Å². The van der Waals surface area contributed by atoms with Gasteiger partial charge in [-0.25, -0.2) is 0 Å². The standard InChI is InChI=1S/C10H12ClF6NO2/c11-6-4-3-5(20-2-1-19)7(6)18-8(4,9(12,13)14)10(15,16)17/h4-7,18-19H,1-3H2/t4-,5+,6+,7-/m0/s1. The molecule has 1 saturated carbocycles. The molecule has 0 unspecified atom stereocenters. The predicted molar refractivity (Wildman–Crippen MR) is 56.3 cm³/mol. The Morgan fingerprint density at radius 2 is 1.75 bits per heavy atom. The highest BCUT2D eigenvalue weighted by Crippen LogP contribution is 2.58. The van der Waals surface area contributed by atoms with Crippen LogP contribution in [0.5, 0.6) is 0 Å². The van der Waals surface area contributed by atoms with E-state index in [1.807, 2.05) is 0 Å². The summed E-state index contributed by atoms with van der Waals surface area (Å²) in [4.78, 5) is 0. The summed E-state index contributed by atoms with van der Waals surface area (Å²) in [6.07, 6.45) is -12.3. The van der Waals surface area contributed by atoms with E-state index >= 15 is 0 Å². The Bertz CT molecular complexity index is 360. The van der Waals surface area contributed by atoms with Gasteiger partial charge in [0.15, 0.2) is 0 Å². The Balaban J connectivity index is 2.29. The van der Waals surface area contributed by atoms with E-state index in [1.165, 1.54) is 0 Å². The van der Waals surface area contributed by atoms with Crippen LogP contribution in [-0.2, 0) is 4.74 Å². The lowest BCUT2D eigenvalue weighted by Crippen LogP contribution is -2.70. The van der Waals surface area contributed by atoms with Gasteiger partial charge in [0.05, 0.1) is 30.7 Å². The topological polar surface area (TPSA) is 41.5 Å². The van der Waals surface area contributed by atoms with Gasteiger partial charge in [0.1, 0.15) is 0 Å². The first-order valence-electron chi connectivity index (χ1n) is 5.84. The van der Waals surface area contributed by atoms with Crippen molar-refractivity contribution in [3.8, 4) is 0 Å². The first-order valence-corrected chi connectivity index (χ1v) is 6.27. The van der Waals surface area contributed by atoms with Gasteiger partial charge < -0.3 is 9.84 Å². The molecule has 1 heterocycles. The molecule has 1 aliphatic carbocycles. The Morgan fingerprint density at radius 1 is 1.20 bits per heavy atom. The summed E-state index contributed by atoms with van der Waals surface area (Å²) in [7, 11) is 0. The number of hydrogen-bond donors (Lipinski definition) is 2. The van der Waals surface area contributed by atoms with Gasteiger partial charge >= 0.3 is 12.4 Å². The predicted octanol–water partition coefficient (Wildman–Crippen LogP) is 1.83. The summed E-state index contributed by atoms with van der Waals surface area (Å²) in [5, 5.41) is 8.86. The average Bonchev–Trinajstić information content (AvgIpc) is 2.75. The van der Waals surface area contributed by atoms with Gasteiger partial charge in [0.2, 0.25) is 5.54 Å². The van der Waals surface area contributed by atoms with Crippen LogP contribution in [0.25, 0.3) is 0 Å². The van der Waals surface area contributed by atoms with E-state index in [0.717, 1.165) is 0 Å². The molecule has 0 spiro atoms.